The Balaban J connectivity index is 2.12. The second-order valence-electron chi connectivity index (χ2n) is 3.60. The van der Waals surface area contributed by atoms with Crippen LogP contribution in [0, 0.1) is 3.57 Å². The Hall–Kier alpha value is -0.360. The van der Waals surface area contributed by atoms with Gasteiger partial charge in [0.25, 0.3) is 0 Å². The zero-order valence-electron chi connectivity index (χ0n) is 8.28. The van der Waals surface area contributed by atoms with Crippen molar-refractivity contribution in [3.8, 4) is 0 Å². The Kier molecular flexibility index (Phi) is 3.22. The van der Waals surface area contributed by atoms with Crippen LogP contribution in [-0.2, 0) is 0 Å². The summed E-state index contributed by atoms with van der Waals surface area (Å²) in [6.07, 6.45) is 1.87. The highest BCUT2D eigenvalue weighted by Crippen LogP contribution is 2.19. The number of anilines is 1. The fraction of sp³-hybridized carbons (Fsp3) is 0.500. The quantitative estimate of drug-likeness (QED) is 0.732. The van der Waals surface area contributed by atoms with Crippen LogP contribution in [0.2, 0.25) is 0 Å². The lowest BCUT2D eigenvalue weighted by atomic mass is 10.3. The first-order valence-corrected chi connectivity index (χ1v) is 5.89. The highest BCUT2D eigenvalue weighted by atomic mass is 127. The third kappa shape index (κ3) is 2.17. The van der Waals surface area contributed by atoms with Crippen LogP contribution in [0.5, 0.6) is 0 Å². The maximum Gasteiger partial charge on any atom is 0.142 e. The van der Waals surface area contributed by atoms with Crippen molar-refractivity contribution in [3.63, 3.8) is 0 Å². The first-order valence-electron chi connectivity index (χ1n) is 4.81. The number of hydrogen-bond acceptors (Lipinski definition) is 3. The van der Waals surface area contributed by atoms with Gasteiger partial charge in [0.05, 0.1) is 3.57 Å². The Labute approximate surface area is 98.3 Å². The Morgan fingerprint density at radius 3 is 2.64 bits per heavy atom. The van der Waals surface area contributed by atoms with Gasteiger partial charge in [0, 0.05) is 32.4 Å². The van der Waals surface area contributed by atoms with E-state index >= 15 is 0 Å². The van der Waals surface area contributed by atoms with E-state index in [1.54, 1.807) is 0 Å². The van der Waals surface area contributed by atoms with E-state index in [1.807, 2.05) is 12.3 Å². The van der Waals surface area contributed by atoms with Crippen molar-refractivity contribution in [1.29, 1.82) is 0 Å². The zero-order valence-corrected chi connectivity index (χ0v) is 10.4. The number of halogens is 1. The van der Waals surface area contributed by atoms with E-state index in [9.17, 15) is 0 Å². The molecule has 0 radical (unpaired) electrons. The van der Waals surface area contributed by atoms with Gasteiger partial charge in [-0.25, -0.2) is 4.98 Å². The molecule has 1 aromatic rings. The standard InChI is InChI=1S/C10H14IN3/c1-13-5-7-14(8-6-13)10-9(11)3-2-4-12-10/h2-4H,5-8H2,1H3. The second kappa shape index (κ2) is 4.44. The number of aromatic nitrogens is 1. The molecule has 1 aliphatic rings. The van der Waals surface area contributed by atoms with Gasteiger partial charge in [-0.15, -0.1) is 0 Å². The van der Waals surface area contributed by atoms with Crippen molar-refractivity contribution < 1.29 is 0 Å². The maximum atomic E-state index is 4.43. The average Bonchev–Trinajstić information content (AvgIpc) is 2.20. The summed E-state index contributed by atoms with van der Waals surface area (Å²) in [6.45, 7) is 4.44. The molecule has 0 spiro atoms. The summed E-state index contributed by atoms with van der Waals surface area (Å²) in [7, 11) is 2.17. The molecule has 1 saturated heterocycles. The van der Waals surface area contributed by atoms with E-state index in [0.717, 1.165) is 32.0 Å². The summed E-state index contributed by atoms with van der Waals surface area (Å²) in [5.41, 5.74) is 0. The van der Waals surface area contributed by atoms with Gasteiger partial charge in [-0.2, -0.15) is 0 Å². The van der Waals surface area contributed by atoms with Crippen LogP contribution in [0.1, 0.15) is 0 Å². The number of piperazine rings is 1. The fourth-order valence-electron chi connectivity index (χ4n) is 1.63. The summed E-state index contributed by atoms with van der Waals surface area (Å²) >= 11 is 2.35. The Morgan fingerprint density at radius 1 is 1.29 bits per heavy atom. The van der Waals surface area contributed by atoms with E-state index in [-0.39, 0.29) is 0 Å². The van der Waals surface area contributed by atoms with Crippen molar-refractivity contribution in [1.82, 2.24) is 9.88 Å². The van der Waals surface area contributed by atoms with Crippen molar-refractivity contribution >= 4 is 28.4 Å². The van der Waals surface area contributed by atoms with Crippen LogP contribution >= 0.6 is 22.6 Å². The number of likely N-dealkylation sites (N-methyl/N-ethyl adjacent to an activating group) is 1. The van der Waals surface area contributed by atoms with E-state index in [2.05, 4.69) is 50.5 Å². The van der Waals surface area contributed by atoms with Crippen molar-refractivity contribution in [2.24, 2.45) is 0 Å². The highest BCUT2D eigenvalue weighted by Gasteiger charge is 2.16. The summed E-state index contributed by atoms with van der Waals surface area (Å²) in [5, 5.41) is 0. The molecule has 0 bridgehead atoms. The Morgan fingerprint density at radius 2 is 2.00 bits per heavy atom. The van der Waals surface area contributed by atoms with Crippen LogP contribution in [-0.4, -0.2) is 43.1 Å². The first kappa shape index (κ1) is 10.2. The number of hydrogen-bond donors (Lipinski definition) is 0. The van der Waals surface area contributed by atoms with Crippen LogP contribution in [0.15, 0.2) is 18.3 Å². The molecule has 0 aromatic carbocycles. The van der Waals surface area contributed by atoms with Gasteiger partial charge in [-0.1, -0.05) is 0 Å². The minimum Gasteiger partial charge on any atom is -0.353 e. The number of rotatable bonds is 1. The van der Waals surface area contributed by atoms with E-state index in [1.165, 1.54) is 3.57 Å². The zero-order chi connectivity index (χ0) is 9.97. The largest absolute Gasteiger partial charge is 0.353 e. The summed E-state index contributed by atoms with van der Waals surface area (Å²) in [6, 6.07) is 4.10. The minimum absolute atomic E-state index is 1.09. The lowest BCUT2D eigenvalue weighted by Gasteiger charge is -2.33. The second-order valence-corrected chi connectivity index (χ2v) is 4.76. The molecule has 0 atom stereocenters. The lowest BCUT2D eigenvalue weighted by Crippen LogP contribution is -2.45. The third-order valence-corrected chi connectivity index (χ3v) is 3.38. The van der Waals surface area contributed by atoms with Crippen LogP contribution in [0.3, 0.4) is 0 Å². The van der Waals surface area contributed by atoms with Crippen molar-refractivity contribution in [3.05, 3.63) is 21.9 Å². The smallest absolute Gasteiger partial charge is 0.142 e. The van der Waals surface area contributed by atoms with Gasteiger partial charge in [-0.3, -0.25) is 0 Å². The lowest BCUT2D eigenvalue weighted by molar-refractivity contribution is 0.312. The summed E-state index contributed by atoms with van der Waals surface area (Å²) in [5.74, 6) is 1.14. The van der Waals surface area contributed by atoms with Gasteiger partial charge >= 0.3 is 0 Å². The third-order valence-electron chi connectivity index (χ3n) is 2.54. The van der Waals surface area contributed by atoms with Crippen LogP contribution in [0.4, 0.5) is 5.82 Å². The van der Waals surface area contributed by atoms with Crippen LogP contribution < -0.4 is 4.90 Å². The molecule has 14 heavy (non-hydrogen) atoms. The molecular formula is C10H14IN3. The van der Waals surface area contributed by atoms with Gasteiger partial charge < -0.3 is 9.80 Å². The molecule has 0 aliphatic carbocycles. The van der Waals surface area contributed by atoms with Crippen LogP contribution in [0.25, 0.3) is 0 Å². The molecule has 2 rings (SSSR count). The van der Waals surface area contributed by atoms with E-state index < -0.39 is 0 Å². The predicted molar refractivity (Wildman–Crippen MR) is 66.7 cm³/mol. The minimum atomic E-state index is 1.09. The van der Waals surface area contributed by atoms with Crippen molar-refractivity contribution in [2.45, 2.75) is 0 Å². The molecule has 0 saturated carbocycles. The fourth-order valence-corrected chi connectivity index (χ4v) is 2.32. The number of nitrogens with zero attached hydrogens (tertiary/aromatic N) is 3. The molecule has 0 unspecified atom stereocenters. The summed E-state index contributed by atoms with van der Waals surface area (Å²) < 4.78 is 1.25. The topological polar surface area (TPSA) is 19.4 Å². The number of pyridine rings is 1. The first-order chi connectivity index (χ1) is 6.77. The highest BCUT2D eigenvalue weighted by molar-refractivity contribution is 14.1. The van der Waals surface area contributed by atoms with Gasteiger partial charge in [0.1, 0.15) is 5.82 Å². The molecule has 1 aromatic heterocycles. The van der Waals surface area contributed by atoms with Crippen molar-refractivity contribution in [2.75, 3.05) is 38.1 Å². The SMILES string of the molecule is CN1CCN(c2ncccc2I)CC1. The normalized spacial score (nSPS) is 18.6. The Bertz CT molecular complexity index is 308. The average molecular weight is 303 g/mol. The molecule has 1 aliphatic heterocycles. The molecule has 3 nitrogen and oxygen atoms in total. The summed E-state index contributed by atoms with van der Waals surface area (Å²) in [4.78, 5) is 9.14. The molecule has 2 heterocycles. The molecular weight excluding hydrogens is 289 g/mol. The predicted octanol–water partition coefficient (Wildman–Crippen LogP) is 1.44. The monoisotopic (exact) mass is 303 g/mol. The van der Waals surface area contributed by atoms with Gasteiger partial charge in [0.15, 0.2) is 0 Å². The van der Waals surface area contributed by atoms with E-state index in [0.29, 0.717) is 0 Å². The molecule has 0 amide bonds. The molecule has 1 fully saturated rings. The molecule has 76 valence electrons. The van der Waals surface area contributed by atoms with E-state index in [4.69, 9.17) is 0 Å². The molecule has 4 heteroatoms. The maximum absolute atomic E-state index is 4.43. The molecule has 0 N–H and O–H groups in total. The van der Waals surface area contributed by atoms with Gasteiger partial charge in [-0.05, 0) is 41.8 Å². The van der Waals surface area contributed by atoms with Gasteiger partial charge in [0.2, 0.25) is 0 Å².